The van der Waals surface area contributed by atoms with E-state index >= 15 is 0 Å². The number of para-hydroxylation sites is 2. The second kappa shape index (κ2) is 5.44. The molecule has 0 unspecified atom stereocenters. The van der Waals surface area contributed by atoms with Crippen molar-refractivity contribution < 1.29 is 4.74 Å². The first-order valence-corrected chi connectivity index (χ1v) is 6.35. The van der Waals surface area contributed by atoms with E-state index in [1.165, 1.54) is 11.1 Å². The summed E-state index contributed by atoms with van der Waals surface area (Å²) in [6.07, 6.45) is 4.73. The Kier molecular flexibility index (Phi) is 3.32. The molecule has 0 saturated carbocycles. The third kappa shape index (κ3) is 2.68. The van der Waals surface area contributed by atoms with Gasteiger partial charge in [0.15, 0.2) is 0 Å². The molecule has 2 heteroatoms. The second-order valence-corrected chi connectivity index (χ2v) is 4.38. The number of rotatable bonds is 0. The molecule has 0 bridgehead atoms. The van der Waals surface area contributed by atoms with E-state index in [2.05, 4.69) is 29.2 Å². The van der Waals surface area contributed by atoms with Crippen LogP contribution in [0.3, 0.4) is 0 Å². The fourth-order valence-corrected chi connectivity index (χ4v) is 2.10. The van der Waals surface area contributed by atoms with Gasteiger partial charge in [0.2, 0.25) is 0 Å². The fraction of sp³-hybridized carbons (Fsp3) is 0.0588. The van der Waals surface area contributed by atoms with Crippen molar-refractivity contribution >= 4 is 0 Å². The van der Waals surface area contributed by atoms with E-state index < -0.39 is 0 Å². The number of nitrogens with one attached hydrogen (secondary N) is 1. The van der Waals surface area contributed by atoms with Crippen molar-refractivity contribution in [2.24, 2.45) is 0 Å². The summed E-state index contributed by atoms with van der Waals surface area (Å²) in [7, 11) is 0. The van der Waals surface area contributed by atoms with Crippen molar-refractivity contribution in [3.05, 3.63) is 84.2 Å². The lowest BCUT2D eigenvalue weighted by atomic mass is 10.0. The Morgan fingerprint density at radius 1 is 0.684 bits per heavy atom. The molecule has 0 atom stereocenters. The Morgan fingerprint density at radius 2 is 1.21 bits per heavy atom. The summed E-state index contributed by atoms with van der Waals surface area (Å²) >= 11 is 0. The molecule has 3 aromatic rings. The molecule has 1 aromatic heterocycles. The summed E-state index contributed by atoms with van der Waals surface area (Å²) in [6, 6.07) is 20.3. The van der Waals surface area contributed by atoms with Gasteiger partial charge in [-0.3, -0.25) is 0 Å². The number of H-pyrrole nitrogens is 1. The maximum Gasteiger partial charge on any atom is 0.130 e. The number of fused-ring (bicyclic) bond motifs is 2. The Hall–Kier alpha value is -2.48. The lowest BCUT2D eigenvalue weighted by Crippen LogP contribution is -2.01. The van der Waals surface area contributed by atoms with Crippen LogP contribution in [0, 0.1) is 0 Å². The topological polar surface area (TPSA) is 25.0 Å². The van der Waals surface area contributed by atoms with Gasteiger partial charge >= 0.3 is 0 Å². The zero-order valence-electron chi connectivity index (χ0n) is 10.5. The molecule has 1 aliphatic heterocycles. The molecule has 94 valence electrons. The summed E-state index contributed by atoms with van der Waals surface area (Å²) in [6.45, 7) is 0. The molecule has 19 heavy (non-hydrogen) atoms. The van der Waals surface area contributed by atoms with E-state index in [1.807, 2.05) is 48.8 Å². The van der Waals surface area contributed by atoms with Gasteiger partial charge in [-0.05, 0) is 35.4 Å². The van der Waals surface area contributed by atoms with Crippen molar-refractivity contribution in [3.63, 3.8) is 0 Å². The van der Waals surface area contributed by atoms with E-state index in [4.69, 9.17) is 4.74 Å². The van der Waals surface area contributed by atoms with Crippen molar-refractivity contribution in [1.29, 1.82) is 0 Å². The third-order valence-corrected chi connectivity index (χ3v) is 3.04. The smallest absolute Gasteiger partial charge is 0.130 e. The number of ether oxygens (including phenoxy) is 1. The normalized spacial score (nSPS) is 11.4. The van der Waals surface area contributed by atoms with Crippen LogP contribution < -0.4 is 4.74 Å². The standard InChI is InChI=1S/C13H10O.C4H5N/c1-3-7-12-10(5-1)9-11-6-2-4-8-13(11)14-12;1-2-4-5-3-1/h1-8H,9H2;1-5H. The minimum atomic E-state index is 0.979. The van der Waals surface area contributed by atoms with Gasteiger partial charge in [-0.15, -0.1) is 0 Å². The van der Waals surface area contributed by atoms with Crippen molar-refractivity contribution in [3.8, 4) is 11.5 Å². The summed E-state index contributed by atoms with van der Waals surface area (Å²) in [5.74, 6) is 1.98. The first kappa shape index (κ1) is 11.6. The van der Waals surface area contributed by atoms with Crippen LogP contribution in [-0.4, -0.2) is 4.98 Å². The first-order chi connectivity index (χ1) is 9.43. The molecule has 2 aromatic carbocycles. The maximum atomic E-state index is 5.78. The van der Waals surface area contributed by atoms with Gasteiger partial charge in [0.1, 0.15) is 11.5 Å². The summed E-state index contributed by atoms with van der Waals surface area (Å²) in [5.41, 5.74) is 2.54. The van der Waals surface area contributed by atoms with E-state index in [1.54, 1.807) is 0 Å². The van der Waals surface area contributed by atoms with Crippen LogP contribution in [0.25, 0.3) is 0 Å². The number of hydrogen-bond donors (Lipinski definition) is 1. The Bertz CT molecular complexity index is 539. The molecule has 0 fully saturated rings. The molecular formula is C17H15NO. The highest BCUT2D eigenvalue weighted by molar-refractivity contribution is 5.49. The molecule has 0 spiro atoms. The zero-order chi connectivity index (χ0) is 12.9. The number of benzene rings is 2. The van der Waals surface area contributed by atoms with E-state index in [0.29, 0.717) is 0 Å². The van der Waals surface area contributed by atoms with Gasteiger partial charge < -0.3 is 9.72 Å². The van der Waals surface area contributed by atoms with Gasteiger partial charge in [0.25, 0.3) is 0 Å². The van der Waals surface area contributed by atoms with Crippen molar-refractivity contribution in [1.82, 2.24) is 4.98 Å². The minimum absolute atomic E-state index is 0.979. The summed E-state index contributed by atoms with van der Waals surface area (Å²) < 4.78 is 5.78. The number of hydrogen-bond acceptors (Lipinski definition) is 1. The average molecular weight is 249 g/mol. The molecular weight excluding hydrogens is 234 g/mol. The van der Waals surface area contributed by atoms with Crippen molar-refractivity contribution in [2.45, 2.75) is 6.42 Å². The SMILES string of the molecule is c1cc[nH]c1.c1ccc2c(c1)Cc1ccccc1O2. The highest BCUT2D eigenvalue weighted by Crippen LogP contribution is 2.35. The quantitative estimate of drug-likeness (QED) is 0.491. The van der Waals surface area contributed by atoms with Crippen LogP contribution in [0.15, 0.2) is 73.1 Å². The van der Waals surface area contributed by atoms with Gasteiger partial charge in [0.05, 0.1) is 0 Å². The molecule has 2 heterocycles. The first-order valence-electron chi connectivity index (χ1n) is 6.35. The molecule has 0 radical (unpaired) electrons. The predicted molar refractivity (Wildman–Crippen MR) is 76.6 cm³/mol. The largest absolute Gasteiger partial charge is 0.457 e. The summed E-state index contributed by atoms with van der Waals surface area (Å²) in [4.78, 5) is 2.86. The van der Waals surface area contributed by atoms with E-state index in [-0.39, 0.29) is 0 Å². The minimum Gasteiger partial charge on any atom is -0.457 e. The summed E-state index contributed by atoms with van der Waals surface area (Å²) in [5, 5.41) is 0. The molecule has 1 N–H and O–H groups in total. The van der Waals surface area contributed by atoms with Crippen LogP contribution in [-0.2, 0) is 6.42 Å². The molecule has 4 rings (SSSR count). The van der Waals surface area contributed by atoms with Crippen LogP contribution in [0.4, 0.5) is 0 Å². The van der Waals surface area contributed by atoms with E-state index in [9.17, 15) is 0 Å². The van der Waals surface area contributed by atoms with Crippen LogP contribution >= 0.6 is 0 Å². The molecule has 1 aliphatic rings. The van der Waals surface area contributed by atoms with Crippen LogP contribution in [0.1, 0.15) is 11.1 Å². The Labute approximate surface area is 112 Å². The van der Waals surface area contributed by atoms with Crippen molar-refractivity contribution in [2.75, 3.05) is 0 Å². The molecule has 0 saturated heterocycles. The highest BCUT2D eigenvalue weighted by atomic mass is 16.5. The van der Waals surface area contributed by atoms with E-state index in [0.717, 1.165) is 17.9 Å². The van der Waals surface area contributed by atoms with Gasteiger partial charge in [-0.2, -0.15) is 0 Å². The van der Waals surface area contributed by atoms with Crippen LogP contribution in [0.2, 0.25) is 0 Å². The fourth-order valence-electron chi connectivity index (χ4n) is 2.10. The van der Waals surface area contributed by atoms with Crippen LogP contribution in [0.5, 0.6) is 11.5 Å². The average Bonchev–Trinajstić information content (AvgIpc) is 3.04. The Balaban J connectivity index is 0.000000187. The monoisotopic (exact) mass is 249 g/mol. The Morgan fingerprint density at radius 3 is 1.68 bits per heavy atom. The zero-order valence-corrected chi connectivity index (χ0v) is 10.5. The maximum absolute atomic E-state index is 5.78. The predicted octanol–water partition coefficient (Wildman–Crippen LogP) is 4.40. The van der Waals surface area contributed by atoms with Gasteiger partial charge in [-0.25, -0.2) is 0 Å². The highest BCUT2D eigenvalue weighted by Gasteiger charge is 2.14. The lowest BCUT2D eigenvalue weighted by Gasteiger charge is -2.19. The third-order valence-electron chi connectivity index (χ3n) is 3.04. The number of aromatic nitrogens is 1. The number of aromatic amines is 1. The molecule has 2 nitrogen and oxygen atoms in total. The van der Waals surface area contributed by atoms with Gasteiger partial charge in [-0.1, -0.05) is 36.4 Å². The molecule has 0 aliphatic carbocycles. The molecule has 0 amide bonds. The van der Waals surface area contributed by atoms with Gasteiger partial charge in [0, 0.05) is 18.8 Å². The second-order valence-electron chi connectivity index (χ2n) is 4.38. The lowest BCUT2D eigenvalue weighted by molar-refractivity contribution is 0.460.